The molecular weight excluding hydrogens is 438 g/mol. The van der Waals surface area contributed by atoms with Crippen LogP contribution in [0.2, 0.25) is 5.02 Å². The lowest BCUT2D eigenvalue weighted by Crippen LogP contribution is -2.38. The van der Waals surface area contributed by atoms with Crippen LogP contribution in [-0.2, 0) is 31.0 Å². The monoisotopic (exact) mass is 461 g/mol. The molecule has 1 aromatic heterocycles. The fraction of sp³-hybridized carbons (Fsp3) is 0.240. The maximum atomic E-state index is 12.7. The van der Waals surface area contributed by atoms with Gasteiger partial charge in [0.1, 0.15) is 11.5 Å². The van der Waals surface area contributed by atoms with Gasteiger partial charge in [0.25, 0.3) is 5.91 Å². The van der Waals surface area contributed by atoms with Crippen molar-refractivity contribution in [3.05, 3.63) is 94.5 Å². The zero-order valence-electron chi connectivity index (χ0n) is 18.1. The highest BCUT2D eigenvalue weighted by molar-refractivity contribution is 6.33. The smallest absolute Gasteiger partial charge is 0.273 e. The van der Waals surface area contributed by atoms with Gasteiger partial charge >= 0.3 is 0 Å². The maximum absolute atomic E-state index is 12.7. The number of para-hydroxylation sites is 1. The number of nitrogens with zero attached hydrogens (tertiary/aromatic N) is 4. The highest BCUT2D eigenvalue weighted by atomic mass is 35.5. The van der Waals surface area contributed by atoms with Gasteiger partial charge in [0.05, 0.1) is 23.5 Å². The SMILES string of the molecule is O=C(Nc1ccccc1Cl)c1cnc2n1CCN(C(=O)/C=C/CN1Cc3ccccc3C1)C2. The van der Waals surface area contributed by atoms with Crippen LogP contribution < -0.4 is 5.32 Å². The summed E-state index contributed by atoms with van der Waals surface area (Å²) in [5.74, 6) is 0.387. The lowest BCUT2D eigenvalue weighted by atomic mass is 10.1. The van der Waals surface area contributed by atoms with Crippen LogP contribution in [0, 0.1) is 0 Å². The summed E-state index contributed by atoms with van der Waals surface area (Å²) in [5, 5.41) is 3.31. The zero-order chi connectivity index (χ0) is 22.8. The largest absolute Gasteiger partial charge is 0.330 e. The van der Waals surface area contributed by atoms with Gasteiger partial charge in [0, 0.05) is 38.8 Å². The molecule has 0 saturated heterocycles. The number of aromatic nitrogens is 2. The molecule has 3 aromatic rings. The van der Waals surface area contributed by atoms with E-state index in [1.165, 1.54) is 11.1 Å². The van der Waals surface area contributed by atoms with Crippen molar-refractivity contribution in [1.82, 2.24) is 19.4 Å². The number of nitrogens with one attached hydrogen (secondary N) is 1. The first-order chi connectivity index (χ1) is 16.1. The number of benzene rings is 2. The Kier molecular flexibility index (Phi) is 5.98. The van der Waals surface area contributed by atoms with E-state index in [0.29, 0.717) is 41.9 Å². The number of anilines is 1. The number of rotatable bonds is 5. The Bertz CT molecular complexity index is 1210. The lowest BCUT2D eigenvalue weighted by Gasteiger charge is -2.27. The number of hydrogen-bond donors (Lipinski definition) is 1. The lowest BCUT2D eigenvalue weighted by molar-refractivity contribution is -0.127. The van der Waals surface area contributed by atoms with Crippen molar-refractivity contribution in [2.75, 3.05) is 18.4 Å². The van der Waals surface area contributed by atoms with Crippen LogP contribution in [0.4, 0.5) is 5.69 Å². The third kappa shape index (κ3) is 4.55. The van der Waals surface area contributed by atoms with Crippen molar-refractivity contribution in [3.63, 3.8) is 0 Å². The summed E-state index contributed by atoms with van der Waals surface area (Å²) in [6, 6.07) is 15.5. The number of halogens is 1. The van der Waals surface area contributed by atoms with E-state index in [9.17, 15) is 9.59 Å². The number of imidazole rings is 1. The van der Waals surface area contributed by atoms with Crippen LogP contribution in [-0.4, -0.2) is 44.3 Å². The fourth-order valence-electron chi connectivity index (χ4n) is 4.32. The summed E-state index contributed by atoms with van der Waals surface area (Å²) in [6.07, 6.45) is 5.13. The van der Waals surface area contributed by atoms with Crippen molar-refractivity contribution in [2.24, 2.45) is 0 Å². The number of amides is 2. The van der Waals surface area contributed by atoms with Crippen molar-refractivity contribution in [2.45, 2.75) is 26.2 Å². The van der Waals surface area contributed by atoms with E-state index in [0.717, 1.165) is 19.6 Å². The third-order valence-corrected chi connectivity index (χ3v) is 6.39. The minimum Gasteiger partial charge on any atom is -0.330 e. The number of hydrogen-bond acceptors (Lipinski definition) is 4. The van der Waals surface area contributed by atoms with Gasteiger partial charge < -0.3 is 14.8 Å². The first kappa shape index (κ1) is 21.4. The predicted octanol–water partition coefficient (Wildman–Crippen LogP) is 3.70. The molecule has 33 heavy (non-hydrogen) atoms. The van der Waals surface area contributed by atoms with Crippen LogP contribution >= 0.6 is 11.6 Å². The predicted molar refractivity (Wildman–Crippen MR) is 127 cm³/mol. The molecule has 2 aliphatic rings. The summed E-state index contributed by atoms with van der Waals surface area (Å²) in [4.78, 5) is 33.9. The molecule has 0 aliphatic carbocycles. The number of carbonyl (C=O) groups excluding carboxylic acids is 2. The molecule has 5 rings (SSSR count). The van der Waals surface area contributed by atoms with E-state index in [1.54, 1.807) is 29.3 Å². The van der Waals surface area contributed by atoms with Crippen molar-refractivity contribution in [3.8, 4) is 0 Å². The van der Waals surface area contributed by atoms with E-state index in [2.05, 4.69) is 39.5 Å². The molecule has 0 radical (unpaired) electrons. The maximum Gasteiger partial charge on any atom is 0.273 e. The topological polar surface area (TPSA) is 70.5 Å². The van der Waals surface area contributed by atoms with E-state index in [1.807, 2.05) is 22.8 Å². The van der Waals surface area contributed by atoms with Gasteiger partial charge in [-0.15, -0.1) is 0 Å². The minimum atomic E-state index is -0.270. The second-order valence-corrected chi connectivity index (χ2v) is 8.65. The molecule has 3 heterocycles. The van der Waals surface area contributed by atoms with Gasteiger partial charge in [-0.05, 0) is 23.3 Å². The molecule has 2 aliphatic heterocycles. The zero-order valence-corrected chi connectivity index (χ0v) is 18.8. The van der Waals surface area contributed by atoms with Crippen LogP contribution in [0.15, 0.2) is 66.9 Å². The molecule has 0 atom stereocenters. The van der Waals surface area contributed by atoms with E-state index >= 15 is 0 Å². The second-order valence-electron chi connectivity index (χ2n) is 8.25. The Morgan fingerprint density at radius 1 is 1.00 bits per heavy atom. The highest BCUT2D eigenvalue weighted by Crippen LogP contribution is 2.23. The number of carbonyl (C=O) groups is 2. The second kappa shape index (κ2) is 9.21. The Balaban J connectivity index is 1.17. The Hall–Kier alpha value is -3.42. The van der Waals surface area contributed by atoms with Crippen molar-refractivity contribution < 1.29 is 9.59 Å². The molecule has 2 aromatic carbocycles. The normalized spacial score (nSPS) is 15.5. The Morgan fingerprint density at radius 3 is 2.48 bits per heavy atom. The van der Waals surface area contributed by atoms with Crippen LogP contribution in [0.1, 0.15) is 27.4 Å². The molecule has 0 saturated carbocycles. The molecule has 168 valence electrons. The summed E-state index contributed by atoms with van der Waals surface area (Å²) >= 11 is 6.14. The third-order valence-electron chi connectivity index (χ3n) is 6.06. The van der Waals surface area contributed by atoms with Gasteiger partial charge in [-0.25, -0.2) is 4.98 Å². The van der Waals surface area contributed by atoms with Crippen LogP contribution in [0.25, 0.3) is 0 Å². The Labute approximate surface area is 197 Å². The summed E-state index contributed by atoms with van der Waals surface area (Å²) < 4.78 is 1.86. The molecule has 7 nitrogen and oxygen atoms in total. The van der Waals surface area contributed by atoms with Crippen LogP contribution in [0.3, 0.4) is 0 Å². The first-order valence-electron chi connectivity index (χ1n) is 10.9. The molecule has 2 amide bonds. The summed E-state index contributed by atoms with van der Waals surface area (Å²) in [5.41, 5.74) is 3.73. The van der Waals surface area contributed by atoms with Gasteiger partial charge in [0.2, 0.25) is 5.91 Å². The molecule has 0 fully saturated rings. The van der Waals surface area contributed by atoms with Gasteiger partial charge in [0.15, 0.2) is 0 Å². The average molecular weight is 462 g/mol. The highest BCUT2D eigenvalue weighted by Gasteiger charge is 2.25. The molecule has 0 bridgehead atoms. The van der Waals surface area contributed by atoms with Gasteiger partial charge in [-0.2, -0.15) is 0 Å². The van der Waals surface area contributed by atoms with Gasteiger partial charge in [-0.1, -0.05) is 54.1 Å². The standard InChI is InChI=1S/C25H24ClN5O2/c26-20-8-3-4-9-21(20)28-25(33)22-14-27-23-17-30(12-13-31(22)23)24(32)10-5-11-29-15-18-6-1-2-7-19(18)16-29/h1-10,14H,11-13,15-17H2,(H,28,33)/b10-5+. The summed E-state index contributed by atoms with van der Waals surface area (Å²) in [6.45, 7) is 3.96. The first-order valence-corrected chi connectivity index (χ1v) is 11.3. The van der Waals surface area contributed by atoms with E-state index in [4.69, 9.17) is 11.6 Å². The molecule has 8 heteroatoms. The molecule has 0 unspecified atom stereocenters. The van der Waals surface area contributed by atoms with E-state index in [-0.39, 0.29) is 11.8 Å². The quantitative estimate of drug-likeness (QED) is 0.588. The Morgan fingerprint density at radius 2 is 1.73 bits per heavy atom. The molecular formula is C25H24ClN5O2. The van der Waals surface area contributed by atoms with Crippen molar-refractivity contribution in [1.29, 1.82) is 0 Å². The minimum absolute atomic E-state index is 0.0389. The molecule has 0 spiro atoms. The van der Waals surface area contributed by atoms with Crippen molar-refractivity contribution >= 4 is 29.1 Å². The average Bonchev–Trinajstić information content (AvgIpc) is 3.43. The summed E-state index contributed by atoms with van der Waals surface area (Å²) in [7, 11) is 0. The molecule has 1 N–H and O–H groups in total. The number of fused-ring (bicyclic) bond motifs is 2. The van der Waals surface area contributed by atoms with E-state index < -0.39 is 0 Å². The van der Waals surface area contributed by atoms with Crippen LogP contribution in [0.5, 0.6) is 0 Å². The fourth-order valence-corrected chi connectivity index (χ4v) is 4.50. The van der Waals surface area contributed by atoms with Gasteiger partial charge in [-0.3, -0.25) is 14.5 Å².